The van der Waals surface area contributed by atoms with Crippen molar-refractivity contribution in [2.24, 2.45) is 105 Å². The van der Waals surface area contributed by atoms with E-state index in [-0.39, 0.29) is 0 Å². The largest absolute Gasteiger partial charge is 0.376 e. The van der Waals surface area contributed by atoms with Crippen LogP contribution in [-0.2, 0) is 9.47 Å². The number of nitrogens with zero attached hydrogens (tertiary/aromatic N) is 1. The van der Waals surface area contributed by atoms with Crippen molar-refractivity contribution in [3.63, 3.8) is 0 Å². The van der Waals surface area contributed by atoms with Crippen LogP contribution < -0.4 is 0 Å². The Morgan fingerprint density at radius 1 is 0.418 bits per heavy atom. The standard InChI is InChI=1S/C63H104BNO2/c1-61(2,3)35-36-29-55-60-56(30-36)67-54-34-42(65-51-27-21-40(62(4,5)6)32-47(51)48-33-41(63(7,8)9)22-28-52(48)65)23-26-50(54)64(60)49-25-20-39(31-53(49)66-55)43-24-19-38-15-11-17-45-44-16-10-13-37-14-12-18-46(57(37)44)59(43)58(38)45/h36-60H,10-35H2,1-9H3/t36?,37-,38?,39?,40+,41?,42+,43?,44+,45?,46?,47?,48?,49?,50-,51?,52?,53?,54?,55?,56?,57+,58-,59?,60+/m1/s1. The van der Waals surface area contributed by atoms with Gasteiger partial charge >= 0.3 is 0 Å². The summed E-state index contributed by atoms with van der Waals surface area (Å²) in [7, 11) is 0. The third kappa shape index (κ3) is 7.97. The lowest BCUT2D eigenvalue weighted by molar-refractivity contribution is -0.176. The highest BCUT2D eigenvalue weighted by Crippen LogP contribution is 2.69. The Morgan fingerprint density at radius 3 is 1.55 bits per heavy atom. The Kier molecular flexibility index (Phi) is 12.0. The first-order chi connectivity index (χ1) is 32.1. The lowest BCUT2D eigenvalue weighted by Crippen LogP contribution is -2.65. The van der Waals surface area contributed by atoms with Gasteiger partial charge in [-0.05, 0) is 232 Å². The third-order valence-corrected chi connectivity index (χ3v) is 26.0. The number of fused-ring (bicyclic) bond motifs is 9. The van der Waals surface area contributed by atoms with Crippen LogP contribution in [0.3, 0.4) is 0 Å². The fraction of sp³-hybridized carbons (Fsp3) is 1.00. The van der Waals surface area contributed by atoms with E-state index >= 15 is 0 Å². The zero-order chi connectivity index (χ0) is 45.9. The molecule has 10 aliphatic carbocycles. The van der Waals surface area contributed by atoms with E-state index in [1.165, 1.54) is 96.3 Å². The average molecular weight is 918 g/mol. The maximum absolute atomic E-state index is 7.85. The number of likely N-dealkylation sites (tertiary alicyclic amines) is 1. The molecule has 3 heterocycles. The average Bonchev–Trinajstić information content (AvgIpc) is 3.62. The van der Waals surface area contributed by atoms with Crippen LogP contribution in [0.25, 0.3) is 0 Å². The summed E-state index contributed by atoms with van der Waals surface area (Å²) in [4.78, 5) is 3.32. The van der Waals surface area contributed by atoms with E-state index in [4.69, 9.17) is 9.47 Å². The van der Waals surface area contributed by atoms with Crippen molar-refractivity contribution < 1.29 is 9.47 Å². The molecule has 3 aliphatic heterocycles. The molecule has 25 atom stereocenters. The molecule has 3 nitrogen and oxygen atoms in total. The minimum atomic E-state index is 0.364. The van der Waals surface area contributed by atoms with Crippen LogP contribution in [0.15, 0.2) is 0 Å². The Balaban J connectivity index is 0.776. The molecule has 0 bridgehead atoms. The Labute approximate surface area is 413 Å². The maximum atomic E-state index is 7.85. The van der Waals surface area contributed by atoms with Gasteiger partial charge in [0.2, 0.25) is 0 Å². The van der Waals surface area contributed by atoms with E-state index in [0.717, 1.165) is 125 Å². The molecule has 0 amide bonds. The molecular formula is C63H104BNO2. The van der Waals surface area contributed by atoms with Crippen molar-refractivity contribution in [1.29, 1.82) is 0 Å². The molecule has 3 saturated heterocycles. The molecule has 4 heteroatoms. The zero-order valence-electron chi connectivity index (χ0n) is 45.2. The Bertz CT molecular complexity index is 1730. The van der Waals surface area contributed by atoms with E-state index in [9.17, 15) is 0 Å². The number of ether oxygens (including phenoxy) is 2. The summed E-state index contributed by atoms with van der Waals surface area (Å²) in [6, 6.07) is 2.40. The van der Waals surface area contributed by atoms with Crippen LogP contribution in [-0.4, -0.2) is 54.2 Å². The molecule has 0 radical (unpaired) electrons. The van der Waals surface area contributed by atoms with Gasteiger partial charge in [0.1, 0.15) is 0 Å². The molecule has 0 spiro atoms. The molecule has 0 N–H and O–H groups in total. The highest BCUT2D eigenvalue weighted by Gasteiger charge is 2.65. The summed E-state index contributed by atoms with van der Waals surface area (Å²) in [5.41, 5.74) is 1.24. The molecule has 17 unspecified atom stereocenters. The lowest BCUT2D eigenvalue weighted by Gasteiger charge is -2.66. The van der Waals surface area contributed by atoms with Gasteiger partial charge in [-0.3, -0.25) is 4.90 Å². The quantitative estimate of drug-likeness (QED) is 0.263. The first kappa shape index (κ1) is 46.7. The van der Waals surface area contributed by atoms with E-state index in [0.29, 0.717) is 46.5 Å². The summed E-state index contributed by atoms with van der Waals surface area (Å²) in [5.74, 6) is 17.3. The van der Waals surface area contributed by atoms with Gasteiger partial charge in [-0.15, -0.1) is 0 Å². The molecule has 0 aromatic rings. The Hall–Kier alpha value is -0.0551. The SMILES string of the molecule is CC(C)(C)CC1CC2OC3CC(C4CCC5CCCC6[C@@H]5C4C4CCC[C@H]5CCC[C@@H]6[C@@H]45)CCC3B3[C@@H]2C(C1)OC1C[C@@H](N2C4CCC(C(C)(C)C)CC4C4C[C@@H](C(C)(C)C)CCC42)CC[C@@H]31. The van der Waals surface area contributed by atoms with E-state index in [2.05, 4.69) is 67.2 Å². The van der Waals surface area contributed by atoms with Crippen LogP contribution in [0.1, 0.15) is 229 Å². The van der Waals surface area contributed by atoms with Crippen LogP contribution in [0.5, 0.6) is 0 Å². The third-order valence-electron chi connectivity index (χ3n) is 26.0. The van der Waals surface area contributed by atoms with Crippen molar-refractivity contribution in [3.05, 3.63) is 0 Å². The molecule has 13 aliphatic rings. The van der Waals surface area contributed by atoms with Gasteiger partial charge in [0.25, 0.3) is 0 Å². The van der Waals surface area contributed by atoms with E-state index in [1.54, 1.807) is 70.6 Å². The fourth-order valence-electron chi connectivity index (χ4n) is 24.0. The van der Waals surface area contributed by atoms with Crippen molar-refractivity contribution in [2.45, 2.75) is 289 Å². The molecule has 67 heavy (non-hydrogen) atoms. The fourth-order valence-corrected chi connectivity index (χ4v) is 24.0. The first-order valence-corrected chi connectivity index (χ1v) is 31.2. The van der Waals surface area contributed by atoms with Crippen molar-refractivity contribution in [2.75, 3.05) is 0 Å². The smallest absolute Gasteiger partial charge is 0.162 e. The lowest BCUT2D eigenvalue weighted by atomic mass is 9.20. The molecular weight excluding hydrogens is 814 g/mol. The van der Waals surface area contributed by atoms with E-state index < -0.39 is 0 Å². The first-order valence-electron chi connectivity index (χ1n) is 31.2. The maximum Gasteiger partial charge on any atom is 0.162 e. The van der Waals surface area contributed by atoms with Crippen molar-refractivity contribution in [1.82, 2.24) is 4.90 Å². The summed E-state index contributed by atoms with van der Waals surface area (Å²) in [6.07, 6.45) is 40.8. The molecule has 376 valence electrons. The van der Waals surface area contributed by atoms with Gasteiger partial charge in [-0.1, -0.05) is 120 Å². The topological polar surface area (TPSA) is 21.7 Å². The normalized spacial score (nSPS) is 54.0. The zero-order valence-corrected chi connectivity index (χ0v) is 45.2. The van der Waals surface area contributed by atoms with Gasteiger partial charge in [0.05, 0.1) is 24.4 Å². The summed E-state index contributed by atoms with van der Waals surface area (Å²) < 4.78 is 15.7. The molecule has 0 aromatic carbocycles. The number of hydrogen-bond donors (Lipinski definition) is 0. The number of hydrogen-bond acceptors (Lipinski definition) is 3. The van der Waals surface area contributed by atoms with Gasteiger partial charge < -0.3 is 9.47 Å². The second kappa shape index (κ2) is 17.3. The molecule has 0 aromatic heterocycles. The minimum Gasteiger partial charge on any atom is -0.376 e. The molecule has 13 rings (SSSR count). The molecule has 13 fully saturated rings. The van der Waals surface area contributed by atoms with Crippen LogP contribution in [0.2, 0.25) is 17.5 Å². The van der Waals surface area contributed by atoms with Gasteiger partial charge in [-0.25, -0.2) is 0 Å². The predicted molar refractivity (Wildman–Crippen MR) is 278 cm³/mol. The second-order valence-corrected chi connectivity index (χ2v) is 32.0. The van der Waals surface area contributed by atoms with Crippen molar-refractivity contribution >= 4 is 6.71 Å². The minimum absolute atomic E-state index is 0.364. The summed E-state index contributed by atoms with van der Waals surface area (Å²) in [6.45, 7) is 23.8. The van der Waals surface area contributed by atoms with Gasteiger partial charge in [0.15, 0.2) is 6.71 Å². The van der Waals surface area contributed by atoms with Crippen LogP contribution >= 0.6 is 0 Å². The second-order valence-electron chi connectivity index (χ2n) is 32.0. The monoisotopic (exact) mass is 918 g/mol. The highest BCUT2D eigenvalue weighted by atomic mass is 16.5. The Morgan fingerprint density at radius 2 is 0.955 bits per heavy atom. The van der Waals surface area contributed by atoms with Crippen LogP contribution in [0, 0.1) is 105 Å². The predicted octanol–water partition coefficient (Wildman–Crippen LogP) is 16.2. The number of rotatable bonds is 3. The van der Waals surface area contributed by atoms with Crippen molar-refractivity contribution in [3.8, 4) is 0 Å². The summed E-state index contributed by atoms with van der Waals surface area (Å²) >= 11 is 0. The van der Waals surface area contributed by atoms with Gasteiger partial charge in [0, 0.05) is 18.1 Å². The highest BCUT2D eigenvalue weighted by molar-refractivity contribution is 6.65. The molecule has 10 saturated carbocycles. The summed E-state index contributed by atoms with van der Waals surface area (Å²) in [5, 5.41) is 0. The van der Waals surface area contributed by atoms with Gasteiger partial charge in [-0.2, -0.15) is 0 Å². The van der Waals surface area contributed by atoms with Crippen LogP contribution in [0.4, 0.5) is 0 Å². The van der Waals surface area contributed by atoms with E-state index in [1.807, 2.05) is 0 Å².